The number of benzene rings is 2. The fourth-order valence-corrected chi connectivity index (χ4v) is 3.82. The third kappa shape index (κ3) is 4.60. The van der Waals surface area contributed by atoms with E-state index in [4.69, 9.17) is 11.6 Å². The first-order chi connectivity index (χ1) is 16.9. The molecule has 0 saturated heterocycles. The van der Waals surface area contributed by atoms with Gasteiger partial charge in [0.1, 0.15) is 22.1 Å². The lowest BCUT2D eigenvalue weighted by Crippen LogP contribution is -2.14. The number of carbonyl (C=O) groups excluding carboxylic acids is 1. The largest absolute Gasteiger partial charge is 0.304 e. The molecule has 176 valence electrons. The maximum atomic E-state index is 13.8. The molecule has 0 aliphatic rings. The number of alkyl halides is 2. The quantitative estimate of drug-likeness (QED) is 0.331. The Hall–Kier alpha value is -4.18. The van der Waals surface area contributed by atoms with Crippen LogP contribution in [0.15, 0.2) is 73.1 Å². The number of hydrogen-bond donors (Lipinski definition) is 1. The number of fused-ring (bicyclic) bond motifs is 1. The van der Waals surface area contributed by atoms with E-state index in [1.165, 1.54) is 29.1 Å². The summed E-state index contributed by atoms with van der Waals surface area (Å²) in [6.45, 7) is 0.226. The van der Waals surface area contributed by atoms with E-state index < -0.39 is 18.0 Å². The average Bonchev–Trinajstić information content (AvgIpc) is 3.42. The number of aromatic nitrogens is 5. The summed E-state index contributed by atoms with van der Waals surface area (Å²) < 4.78 is 43.4. The van der Waals surface area contributed by atoms with Gasteiger partial charge in [-0.05, 0) is 23.8 Å². The Kier molecular flexibility index (Phi) is 5.96. The lowest BCUT2D eigenvalue weighted by molar-refractivity contribution is 0.102. The second kappa shape index (κ2) is 9.22. The number of carbonyl (C=O) groups is 1. The van der Waals surface area contributed by atoms with E-state index >= 15 is 0 Å². The van der Waals surface area contributed by atoms with Crippen LogP contribution in [0.1, 0.15) is 28.0 Å². The summed E-state index contributed by atoms with van der Waals surface area (Å²) >= 11 is 6.23. The van der Waals surface area contributed by atoms with Crippen LogP contribution in [0, 0.1) is 5.82 Å². The van der Waals surface area contributed by atoms with Crippen LogP contribution >= 0.6 is 11.6 Å². The molecule has 5 rings (SSSR count). The molecule has 0 bridgehead atoms. The number of nitrogens with one attached hydrogen (secondary N) is 1. The third-order valence-corrected chi connectivity index (χ3v) is 5.50. The smallest absolute Gasteiger partial charge is 0.280 e. The molecule has 0 unspecified atom stereocenters. The minimum Gasteiger partial charge on any atom is -0.304 e. The van der Waals surface area contributed by atoms with Crippen LogP contribution in [0.3, 0.4) is 0 Å². The van der Waals surface area contributed by atoms with E-state index in [2.05, 4.69) is 20.5 Å². The summed E-state index contributed by atoms with van der Waals surface area (Å²) in [5.74, 6) is -0.996. The number of amides is 1. The van der Waals surface area contributed by atoms with Gasteiger partial charge in [-0.3, -0.25) is 9.48 Å². The number of hydrogen-bond acceptors (Lipinski definition) is 4. The van der Waals surface area contributed by atoms with Crippen LogP contribution in [-0.4, -0.2) is 30.3 Å². The molecule has 1 amide bonds. The van der Waals surface area contributed by atoms with Gasteiger partial charge in [-0.2, -0.15) is 10.2 Å². The Labute approximate surface area is 201 Å². The van der Waals surface area contributed by atoms with E-state index in [9.17, 15) is 18.0 Å². The first-order valence-electron chi connectivity index (χ1n) is 10.4. The second-order valence-electron chi connectivity index (χ2n) is 7.63. The SMILES string of the molecule is O=C(Nc1nn(Cc2cccc(F)c2)cc1Cl)c1cnn2c(C(F)F)cc(-c3ccccc3)nc12. The number of nitrogens with zero attached hydrogens (tertiary/aromatic N) is 5. The van der Waals surface area contributed by atoms with Crippen LogP contribution in [0.2, 0.25) is 5.02 Å². The fourth-order valence-electron chi connectivity index (χ4n) is 3.62. The van der Waals surface area contributed by atoms with Crippen molar-refractivity contribution in [1.29, 1.82) is 0 Å². The molecule has 7 nitrogen and oxygen atoms in total. The summed E-state index contributed by atoms with van der Waals surface area (Å²) in [5, 5.41) is 10.9. The van der Waals surface area contributed by atoms with Gasteiger partial charge >= 0.3 is 0 Å². The molecule has 0 aliphatic heterocycles. The molecule has 5 aromatic rings. The lowest BCUT2D eigenvalue weighted by Gasteiger charge is -2.08. The minimum atomic E-state index is -2.84. The number of anilines is 1. The predicted octanol–water partition coefficient (Wildman–Crippen LogP) is 5.62. The van der Waals surface area contributed by atoms with Crippen molar-refractivity contribution in [3.8, 4) is 11.3 Å². The molecule has 11 heteroatoms. The van der Waals surface area contributed by atoms with Crippen LogP contribution in [-0.2, 0) is 6.54 Å². The number of rotatable bonds is 6. The van der Waals surface area contributed by atoms with Gasteiger partial charge in [-0.15, -0.1) is 0 Å². The Bertz CT molecular complexity index is 1530. The molecular formula is C24H16ClF3N6O. The van der Waals surface area contributed by atoms with Crippen molar-refractivity contribution < 1.29 is 18.0 Å². The van der Waals surface area contributed by atoms with E-state index in [-0.39, 0.29) is 40.1 Å². The predicted molar refractivity (Wildman–Crippen MR) is 124 cm³/mol. The highest BCUT2D eigenvalue weighted by Crippen LogP contribution is 2.27. The second-order valence-corrected chi connectivity index (χ2v) is 8.04. The van der Waals surface area contributed by atoms with Crippen LogP contribution < -0.4 is 5.32 Å². The summed E-state index contributed by atoms with van der Waals surface area (Å²) in [4.78, 5) is 17.4. The molecule has 0 atom stereocenters. The van der Waals surface area contributed by atoms with Crippen molar-refractivity contribution in [2.75, 3.05) is 5.32 Å². The number of halogens is 4. The van der Waals surface area contributed by atoms with E-state index in [0.717, 1.165) is 10.7 Å². The Balaban J connectivity index is 1.46. The molecular weight excluding hydrogens is 481 g/mol. The van der Waals surface area contributed by atoms with Crippen molar-refractivity contribution in [2.45, 2.75) is 13.0 Å². The van der Waals surface area contributed by atoms with Crippen molar-refractivity contribution >= 4 is 29.0 Å². The Morgan fingerprint density at radius 1 is 1.09 bits per heavy atom. The van der Waals surface area contributed by atoms with Crippen molar-refractivity contribution in [3.63, 3.8) is 0 Å². The van der Waals surface area contributed by atoms with Gasteiger partial charge in [-0.25, -0.2) is 22.7 Å². The van der Waals surface area contributed by atoms with Crippen molar-refractivity contribution in [1.82, 2.24) is 24.4 Å². The molecule has 0 radical (unpaired) electrons. The molecule has 2 aromatic carbocycles. The third-order valence-electron chi connectivity index (χ3n) is 5.22. The molecule has 1 N–H and O–H groups in total. The standard InChI is InChI=1S/C24H16ClF3N6O/c25-18-13-33(12-14-5-4-8-16(26)9-14)32-22(18)31-24(35)17-11-29-34-20(21(27)28)10-19(30-23(17)34)15-6-2-1-3-7-15/h1-11,13,21H,12H2,(H,31,32,35). The average molecular weight is 497 g/mol. The van der Waals surface area contributed by atoms with Crippen LogP contribution in [0.4, 0.5) is 19.0 Å². The Morgan fingerprint density at radius 2 is 1.89 bits per heavy atom. The minimum absolute atomic E-state index is 0.0274. The summed E-state index contributed by atoms with van der Waals surface area (Å²) in [5.41, 5.74) is 1.09. The topological polar surface area (TPSA) is 77.1 Å². The summed E-state index contributed by atoms with van der Waals surface area (Å²) in [7, 11) is 0. The normalized spacial score (nSPS) is 11.3. The first-order valence-corrected chi connectivity index (χ1v) is 10.8. The fraction of sp³-hybridized carbons (Fsp3) is 0.0833. The monoisotopic (exact) mass is 496 g/mol. The van der Waals surface area contributed by atoms with Gasteiger partial charge in [0.15, 0.2) is 11.5 Å². The highest BCUT2D eigenvalue weighted by Gasteiger charge is 2.22. The zero-order valence-corrected chi connectivity index (χ0v) is 18.6. The first kappa shape index (κ1) is 22.6. The highest BCUT2D eigenvalue weighted by atomic mass is 35.5. The Morgan fingerprint density at radius 3 is 2.63 bits per heavy atom. The van der Waals surface area contributed by atoms with Gasteiger partial charge in [0, 0.05) is 11.8 Å². The van der Waals surface area contributed by atoms with Crippen LogP contribution in [0.5, 0.6) is 0 Å². The summed E-state index contributed by atoms with van der Waals surface area (Å²) in [6, 6.07) is 16.0. The van der Waals surface area contributed by atoms with Gasteiger partial charge < -0.3 is 5.32 Å². The molecule has 3 aromatic heterocycles. The van der Waals surface area contributed by atoms with Gasteiger partial charge in [0.25, 0.3) is 12.3 Å². The van der Waals surface area contributed by atoms with Gasteiger partial charge in [-0.1, -0.05) is 54.1 Å². The summed E-state index contributed by atoms with van der Waals surface area (Å²) in [6.07, 6.45) is -0.193. The molecule has 0 saturated carbocycles. The molecule has 35 heavy (non-hydrogen) atoms. The maximum absolute atomic E-state index is 13.8. The lowest BCUT2D eigenvalue weighted by atomic mass is 10.1. The van der Waals surface area contributed by atoms with Crippen molar-refractivity contribution in [2.24, 2.45) is 0 Å². The van der Waals surface area contributed by atoms with E-state index in [1.54, 1.807) is 42.5 Å². The molecule has 0 spiro atoms. The van der Waals surface area contributed by atoms with Crippen LogP contribution in [0.25, 0.3) is 16.9 Å². The molecule has 0 fully saturated rings. The maximum Gasteiger partial charge on any atom is 0.280 e. The molecule has 0 aliphatic carbocycles. The molecule has 3 heterocycles. The van der Waals surface area contributed by atoms with Crippen molar-refractivity contribution in [3.05, 3.63) is 101 Å². The van der Waals surface area contributed by atoms with E-state index in [1.807, 2.05) is 0 Å². The highest BCUT2D eigenvalue weighted by molar-refractivity contribution is 6.33. The van der Waals surface area contributed by atoms with E-state index in [0.29, 0.717) is 11.1 Å². The zero-order chi connectivity index (χ0) is 24.5. The zero-order valence-electron chi connectivity index (χ0n) is 17.9. The van der Waals surface area contributed by atoms with Gasteiger partial charge in [0.05, 0.1) is 18.4 Å². The van der Waals surface area contributed by atoms with Gasteiger partial charge in [0.2, 0.25) is 0 Å².